The normalized spacial score (nSPS) is 13.7. The summed E-state index contributed by atoms with van der Waals surface area (Å²) < 4.78 is 0. The molecule has 1 amide bonds. The van der Waals surface area contributed by atoms with Crippen molar-refractivity contribution in [1.82, 2.24) is 10.6 Å². The van der Waals surface area contributed by atoms with Gasteiger partial charge in [0, 0.05) is 19.5 Å². The standard InChI is InChI=1S/C12H26N2O/c1-6-13-7-8-14-11(15)9-10(2)12(3,4)5/h10,13H,6-9H2,1-5H3,(H,14,15). The lowest BCUT2D eigenvalue weighted by Gasteiger charge is -2.26. The van der Waals surface area contributed by atoms with Gasteiger partial charge in [0.05, 0.1) is 0 Å². The van der Waals surface area contributed by atoms with E-state index < -0.39 is 0 Å². The van der Waals surface area contributed by atoms with Crippen molar-refractivity contribution in [2.24, 2.45) is 11.3 Å². The van der Waals surface area contributed by atoms with E-state index >= 15 is 0 Å². The SMILES string of the molecule is CCNCCNC(=O)CC(C)C(C)(C)C. The Morgan fingerprint density at radius 2 is 1.87 bits per heavy atom. The van der Waals surface area contributed by atoms with Gasteiger partial charge in [-0.3, -0.25) is 4.79 Å². The van der Waals surface area contributed by atoms with E-state index in [1.807, 2.05) is 0 Å². The highest BCUT2D eigenvalue weighted by Crippen LogP contribution is 2.27. The van der Waals surface area contributed by atoms with Crippen LogP contribution < -0.4 is 10.6 Å². The maximum atomic E-state index is 11.5. The maximum absolute atomic E-state index is 11.5. The summed E-state index contributed by atoms with van der Waals surface area (Å²) >= 11 is 0. The summed E-state index contributed by atoms with van der Waals surface area (Å²) in [4.78, 5) is 11.5. The highest BCUT2D eigenvalue weighted by Gasteiger charge is 2.22. The number of rotatable bonds is 6. The van der Waals surface area contributed by atoms with Crippen molar-refractivity contribution in [3.05, 3.63) is 0 Å². The molecule has 15 heavy (non-hydrogen) atoms. The molecule has 0 aliphatic heterocycles. The first-order valence-electron chi connectivity index (χ1n) is 5.85. The van der Waals surface area contributed by atoms with Gasteiger partial charge in [-0.05, 0) is 17.9 Å². The molecule has 1 unspecified atom stereocenters. The van der Waals surface area contributed by atoms with Gasteiger partial charge in [0.15, 0.2) is 0 Å². The van der Waals surface area contributed by atoms with E-state index in [0.29, 0.717) is 12.3 Å². The van der Waals surface area contributed by atoms with Crippen LogP contribution >= 0.6 is 0 Å². The molecule has 90 valence electrons. The predicted molar refractivity (Wildman–Crippen MR) is 64.8 cm³/mol. The summed E-state index contributed by atoms with van der Waals surface area (Å²) in [6.45, 7) is 13.2. The van der Waals surface area contributed by atoms with Crippen molar-refractivity contribution in [2.75, 3.05) is 19.6 Å². The average molecular weight is 214 g/mol. The van der Waals surface area contributed by atoms with Crippen molar-refractivity contribution >= 4 is 5.91 Å². The smallest absolute Gasteiger partial charge is 0.220 e. The first kappa shape index (κ1) is 14.4. The van der Waals surface area contributed by atoms with E-state index in [4.69, 9.17) is 0 Å². The predicted octanol–water partition coefficient (Wildman–Crippen LogP) is 1.78. The van der Waals surface area contributed by atoms with Gasteiger partial charge in [-0.2, -0.15) is 0 Å². The largest absolute Gasteiger partial charge is 0.355 e. The number of nitrogens with one attached hydrogen (secondary N) is 2. The number of likely N-dealkylation sites (N-methyl/N-ethyl adjacent to an activating group) is 1. The zero-order valence-electron chi connectivity index (χ0n) is 10.8. The second-order valence-electron chi connectivity index (χ2n) is 5.17. The van der Waals surface area contributed by atoms with Gasteiger partial charge in [-0.15, -0.1) is 0 Å². The Bertz CT molecular complexity index is 185. The molecule has 0 rings (SSSR count). The van der Waals surface area contributed by atoms with E-state index in [1.165, 1.54) is 0 Å². The summed E-state index contributed by atoms with van der Waals surface area (Å²) in [5.41, 5.74) is 0.207. The molecule has 2 N–H and O–H groups in total. The van der Waals surface area contributed by atoms with Crippen molar-refractivity contribution in [2.45, 2.75) is 41.0 Å². The van der Waals surface area contributed by atoms with Crippen molar-refractivity contribution < 1.29 is 4.79 Å². The minimum Gasteiger partial charge on any atom is -0.355 e. The topological polar surface area (TPSA) is 41.1 Å². The molecule has 0 aliphatic carbocycles. The van der Waals surface area contributed by atoms with Crippen LogP contribution in [-0.2, 0) is 4.79 Å². The minimum absolute atomic E-state index is 0.162. The van der Waals surface area contributed by atoms with Crippen LogP contribution in [0.4, 0.5) is 0 Å². The van der Waals surface area contributed by atoms with Gasteiger partial charge < -0.3 is 10.6 Å². The number of carbonyl (C=O) groups excluding carboxylic acids is 1. The number of hydrogen-bond donors (Lipinski definition) is 2. The van der Waals surface area contributed by atoms with Gasteiger partial charge in [-0.25, -0.2) is 0 Å². The van der Waals surface area contributed by atoms with Crippen molar-refractivity contribution in [3.8, 4) is 0 Å². The van der Waals surface area contributed by atoms with Crippen LogP contribution in [0.25, 0.3) is 0 Å². The first-order chi connectivity index (χ1) is 6.88. The fraction of sp³-hybridized carbons (Fsp3) is 0.917. The molecule has 0 radical (unpaired) electrons. The maximum Gasteiger partial charge on any atom is 0.220 e. The molecule has 0 aromatic carbocycles. The Labute approximate surface area is 94.0 Å². The first-order valence-corrected chi connectivity index (χ1v) is 5.85. The molecule has 0 bridgehead atoms. The Morgan fingerprint density at radius 3 is 2.33 bits per heavy atom. The fourth-order valence-corrected chi connectivity index (χ4v) is 1.12. The van der Waals surface area contributed by atoms with Crippen LogP contribution in [0.2, 0.25) is 0 Å². The second kappa shape index (κ2) is 6.83. The highest BCUT2D eigenvalue weighted by molar-refractivity contribution is 5.76. The van der Waals surface area contributed by atoms with Crippen LogP contribution in [-0.4, -0.2) is 25.5 Å². The molecule has 0 aromatic heterocycles. The van der Waals surface area contributed by atoms with Crippen LogP contribution in [0.15, 0.2) is 0 Å². The molecule has 1 atom stereocenters. The third kappa shape index (κ3) is 7.37. The van der Waals surface area contributed by atoms with Gasteiger partial charge in [0.2, 0.25) is 5.91 Å². The molecule has 3 nitrogen and oxygen atoms in total. The van der Waals surface area contributed by atoms with E-state index in [2.05, 4.69) is 45.3 Å². The summed E-state index contributed by atoms with van der Waals surface area (Å²) in [5, 5.41) is 6.09. The Kier molecular flexibility index (Phi) is 6.57. The molecular weight excluding hydrogens is 188 g/mol. The molecule has 0 saturated heterocycles. The lowest BCUT2D eigenvalue weighted by Crippen LogP contribution is -2.34. The van der Waals surface area contributed by atoms with Gasteiger partial charge in [0.25, 0.3) is 0 Å². The highest BCUT2D eigenvalue weighted by atomic mass is 16.1. The average Bonchev–Trinajstić information content (AvgIpc) is 2.11. The third-order valence-corrected chi connectivity index (χ3v) is 2.84. The van der Waals surface area contributed by atoms with Crippen LogP contribution in [0.5, 0.6) is 0 Å². The van der Waals surface area contributed by atoms with Crippen LogP contribution in [0.3, 0.4) is 0 Å². The van der Waals surface area contributed by atoms with E-state index in [0.717, 1.165) is 19.6 Å². The van der Waals surface area contributed by atoms with Crippen LogP contribution in [0.1, 0.15) is 41.0 Å². The summed E-state index contributed by atoms with van der Waals surface area (Å²) in [5.74, 6) is 0.576. The molecule has 0 spiro atoms. The third-order valence-electron chi connectivity index (χ3n) is 2.84. The monoisotopic (exact) mass is 214 g/mol. The Hall–Kier alpha value is -0.570. The van der Waals surface area contributed by atoms with Crippen molar-refractivity contribution in [3.63, 3.8) is 0 Å². The summed E-state index contributed by atoms with van der Waals surface area (Å²) in [6, 6.07) is 0. The second-order valence-corrected chi connectivity index (χ2v) is 5.17. The number of amides is 1. The Morgan fingerprint density at radius 1 is 1.27 bits per heavy atom. The fourth-order valence-electron chi connectivity index (χ4n) is 1.12. The lowest BCUT2D eigenvalue weighted by atomic mass is 9.80. The van der Waals surface area contributed by atoms with E-state index in [-0.39, 0.29) is 11.3 Å². The van der Waals surface area contributed by atoms with Crippen molar-refractivity contribution in [1.29, 1.82) is 0 Å². The minimum atomic E-state index is 0.162. The molecule has 0 aromatic rings. The molecule has 0 heterocycles. The van der Waals surface area contributed by atoms with Crippen LogP contribution in [0, 0.1) is 11.3 Å². The quantitative estimate of drug-likeness (QED) is 0.662. The Balaban J connectivity index is 3.65. The molecule has 3 heteroatoms. The zero-order chi connectivity index (χ0) is 11.9. The van der Waals surface area contributed by atoms with E-state index in [9.17, 15) is 4.79 Å². The summed E-state index contributed by atoms with van der Waals surface area (Å²) in [7, 11) is 0. The molecule has 0 saturated carbocycles. The zero-order valence-corrected chi connectivity index (χ0v) is 10.8. The lowest BCUT2D eigenvalue weighted by molar-refractivity contribution is -0.122. The number of hydrogen-bond acceptors (Lipinski definition) is 2. The van der Waals surface area contributed by atoms with E-state index in [1.54, 1.807) is 0 Å². The van der Waals surface area contributed by atoms with Gasteiger partial charge in [0.1, 0.15) is 0 Å². The molecule has 0 aliphatic rings. The number of carbonyl (C=O) groups is 1. The summed E-state index contributed by atoms with van der Waals surface area (Å²) in [6.07, 6.45) is 0.621. The van der Waals surface area contributed by atoms with Gasteiger partial charge >= 0.3 is 0 Å². The molecule has 0 fully saturated rings. The van der Waals surface area contributed by atoms with Gasteiger partial charge in [-0.1, -0.05) is 34.6 Å². The molecular formula is C12H26N2O.